The van der Waals surface area contributed by atoms with Gasteiger partial charge in [-0.3, -0.25) is 14.8 Å². The molecule has 164 valence electrons. The van der Waals surface area contributed by atoms with Gasteiger partial charge in [0.1, 0.15) is 11.4 Å². The Morgan fingerprint density at radius 3 is 2.55 bits per heavy atom. The molecule has 31 heavy (non-hydrogen) atoms. The van der Waals surface area contributed by atoms with E-state index in [0.717, 1.165) is 56.1 Å². The fraction of sp³-hybridized carbons (Fsp3) is 0.478. The summed E-state index contributed by atoms with van der Waals surface area (Å²) in [4.78, 5) is 28.1. The van der Waals surface area contributed by atoms with Crippen LogP contribution in [0.2, 0.25) is 0 Å². The van der Waals surface area contributed by atoms with Crippen LogP contribution in [-0.4, -0.2) is 50.6 Å². The number of nitrogens with one attached hydrogen (secondary N) is 1. The SMILES string of the molecule is CCC(=O)N(c1ccccc1)C1(c2nc(C)n[nH]2)CCN(CCc2scnc2C)CC1. The lowest BCUT2D eigenvalue weighted by atomic mass is 9.83. The predicted octanol–water partition coefficient (Wildman–Crippen LogP) is 3.86. The molecule has 0 bridgehead atoms. The van der Waals surface area contributed by atoms with E-state index < -0.39 is 5.54 Å². The van der Waals surface area contributed by atoms with Crippen LogP contribution in [0.5, 0.6) is 0 Å². The molecule has 0 unspecified atom stereocenters. The monoisotopic (exact) mass is 438 g/mol. The fourth-order valence-corrected chi connectivity index (χ4v) is 5.23. The van der Waals surface area contributed by atoms with Gasteiger partial charge in [0.15, 0.2) is 5.82 Å². The first-order chi connectivity index (χ1) is 15.0. The molecule has 4 rings (SSSR count). The number of benzene rings is 1. The number of carbonyl (C=O) groups excluding carboxylic acids is 1. The molecule has 0 spiro atoms. The summed E-state index contributed by atoms with van der Waals surface area (Å²) >= 11 is 1.73. The van der Waals surface area contributed by atoms with Crippen molar-refractivity contribution in [2.75, 3.05) is 24.5 Å². The molecule has 8 heteroatoms. The number of aryl methyl sites for hydroxylation is 2. The summed E-state index contributed by atoms with van der Waals surface area (Å²) in [5, 5.41) is 7.45. The Kier molecular flexibility index (Phi) is 6.48. The molecule has 1 aliphatic heterocycles. The van der Waals surface area contributed by atoms with Crippen LogP contribution >= 0.6 is 11.3 Å². The number of amides is 1. The van der Waals surface area contributed by atoms with Gasteiger partial charge in [0.2, 0.25) is 5.91 Å². The van der Waals surface area contributed by atoms with Crippen LogP contribution < -0.4 is 4.90 Å². The minimum Gasteiger partial charge on any atom is -0.303 e. The highest BCUT2D eigenvalue weighted by Gasteiger charge is 2.46. The highest BCUT2D eigenvalue weighted by molar-refractivity contribution is 7.09. The Hall–Kier alpha value is -2.58. The molecule has 7 nitrogen and oxygen atoms in total. The summed E-state index contributed by atoms with van der Waals surface area (Å²) in [6, 6.07) is 9.97. The summed E-state index contributed by atoms with van der Waals surface area (Å²) in [6.07, 6.45) is 3.08. The van der Waals surface area contributed by atoms with Gasteiger partial charge in [-0.2, -0.15) is 5.10 Å². The molecule has 0 atom stereocenters. The molecular formula is C23H30N6OS. The molecule has 0 aliphatic carbocycles. The molecule has 1 aliphatic rings. The Morgan fingerprint density at radius 2 is 1.97 bits per heavy atom. The van der Waals surface area contributed by atoms with Gasteiger partial charge in [0.25, 0.3) is 0 Å². The third-order valence-corrected chi connectivity index (χ3v) is 7.21. The number of piperidine rings is 1. The first-order valence-electron chi connectivity index (χ1n) is 10.9. The number of likely N-dealkylation sites (tertiary alicyclic amines) is 1. The second-order valence-corrected chi connectivity index (χ2v) is 9.07. The first-order valence-corrected chi connectivity index (χ1v) is 11.8. The van der Waals surface area contributed by atoms with Crippen molar-refractivity contribution in [1.29, 1.82) is 0 Å². The number of anilines is 1. The Morgan fingerprint density at radius 1 is 1.23 bits per heavy atom. The average molecular weight is 439 g/mol. The van der Waals surface area contributed by atoms with E-state index in [2.05, 4.69) is 27.0 Å². The maximum atomic E-state index is 13.2. The van der Waals surface area contributed by atoms with Crippen molar-refractivity contribution in [1.82, 2.24) is 25.1 Å². The number of hydrogen-bond acceptors (Lipinski definition) is 6. The quantitative estimate of drug-likeness (QED) is 0.606. The summed E-state index contributed by atoms with van der Waals surface area (Å²) < 4.78 is 0. The van der Waals surface area contributed by atoms with E-state index >= 15 is 0 Å². The van der Waals surface area contributed by atoms with Gasteiger partial charge in [-0.25, -0.2) is 9.97 Å². The van der Waals surface area contributed by atoms with Gasteiger partial charge >= 0.3 is 0 Å². The van der Waals surface area contributed by atoms with Crippen LogP contribution in [0.3, 0.4) is 0 Å². The van der Waals surface area contributed by atoms with Crippen LogP contribution in [-0.2, 0) is 16.8 Å². The molecule has 1 saturated heterocycles. The molecule has 1 aromatic carbocycles. The van der Waals surface area contributed by atoms with Gasteiger partial charge in [0.05, 0.1) is 11.2 Å². The third-order valence-electron chi connectivity index (χ3n) is 6.22. The van der Waals surface area contributed by atoms with Crippen molar-refractivity contribution >= 4 is 22.9 Å². The molecule has 2 aromatic heterocycles. The van der Waals surface area contributed by atoms with Crippen LogP contribution in [0.1, 0.15) is 48.4 Å². The van der Waals surface area contributed by atoms with E-state index in [1.807, 2.05) is 54.6 Å². The van der Waals surface area contributed by atoms with Gasteiger partial charge in [-0.1, -0.05) is 25.1 Å². The minimum absolute atomic E-state index is 0.106. The van der Waals surface area contributed by atoms with E-state index in [0.29, 0.717) is 12.2 Å². The largest absolute Gasteiger partial charge is 0.303 e. The highest BCUT2D eigenvalue weighted by atomic mass is 32.1. The number of rotatable bonds is 7. The summed E-state index contributed by atoms with van der Waals surface area (Å²) in [6.45, 7) is 8.68. The van der Waals surface area contributed by atoms with Crippen molar-refractivity contribution in [3.8, 4) is 0 Å². The zero-order valence-electron chi connectivity index (χ0n) is 18.5. The third kappa shape index (κ3) is 4.41. The van der Waals surface area contributed by atoms with E-state index in [1.54, 1.807) is 11.3 Å². The zero-order chi connectivity index (χ0) is 21.8. The maximum Gasteiger partial charge on any atom is 0.227 e. The molecular weight excluding hydrogens is 408 g/mol. The molecule has 0 saturated carbocycles. The summed E-state index contributed by atoms with van der Waals surface area (Å²) in [5.41, 5.74) is 3.45. The first kappa shape index (κ1) is 21.6. The lowest BCUT2D eigenvalue weighted by Gasteiger charge is -2.47. The Labute approximate surface area is 187 Å². The number of aromatic nitrogens is 4. The van der Waals surface area contributed by atoms with E-state index in [4.69, 9.17) is 4.98 Å². The summed E-state index contributed by atoms with van der Waals surface area (Å²) in [7, 11) is 0. The Bertz CT molecular complexity index is 1010. The number of nitrogens with zero attached hydrogens (tertiary/aromatic N) is 5. The van der Waals surface area contributed by atoms with Crippen molar-refractivity contribution in [3.63, 3.8) is 0 Å². The van der Waals surface area contributed by atoms with Crippen molar-refractivity contribution in [3.05, 3.63) is 58.1 Å². The normalized spacial score (nSPS) is 16.4. The lowest BCUT2D eigenvalue weighted by molar-refractivity contribution is -0.120. The van der Waals surface area contributed by atoms with Gasteiger partial charge in [-0.15, -0.1) is 11.3 Å². The maximum absolute atomic E-state index is 13.2. The predicted molar refractivity (Wildman–Crippen MR) is 123 cm³/mol. The topological polar surface area (TPSA) is 78.0 Å². The molecule has 1 fully saturated rings. The van der Waals surface area contributed by atoms with Crippen molar-refractivity contribution < 1.29 is 4.79 Å². The van der Waals surface area contributed by atoms with E-state index in [-0.39, 0.29) is 5.91 Å². The van der Waals surface area contributed by atoms with Crippen molar-refractivity contribution in [2.45, 2.75) is 52.0 Å². The second-order valence-electron chi connectivity index (χ2n) is 8.13. The standard InChI is InChI=1S/C23H30N6OS/c1-4-21(30)29(19-8-6-5-7-9-19)23(22-25-18(3)26-27-22)11-14-28(15-12-23)13-10-20-17(2)24-16-31-20/h5-9,16H,4,10-15H2,1-3H3,(H,25,26,27). The van der Waals surface area contributed by atoms with Crippen LogP contribution in [0.4, 0.5) is 5.69 Å². The smallest absolute Gasteiger partial charge is 0.227 e. The van der Waals surface area contributed by atoms with Crippen LogP contribution in [0, 0.1) is 13.8 Å². The number of aromatic amines is 1. The average Bonchev–Trinajstić information content (AvgIpc) is 3.42. The fourth-order valence-electron chi connectivity index (χ4n) is 4.46. The van der Waals surface area contributed by atoms with Gasteiger partial charge in [0, 0.05) is 36.6 Å². The molecule has 1 N–H and O–H groups in total. The van der Waals surface area contributed by atoms with E-state index in [1.165, 1.54) is 4.88 Å². The van der Waals surface area contributed by atoms with E-state index in [9.17, 15) is 4.79 Å². The number of hydrogen-bond donors (Lipinski definition) is 1. The van der Waals surface area contributed by atoms with Crippen molar-refractivity contribution in [2.24, 2.45) is 0 Å². The molecule has 3 aromatic rings. The number of H-pyrrole nitrogens is 1. The second kappa shape index (κ2) is 9.28. The number of thiazole rings is 1. The summed E-state index contributed by atoms with van der Waals surface area (Å²) in [5.74, 6) is 1.59. The molecule has 3 heterocycles. The molecule has 0 radical (unpaired) electrons. The number of para-hydroxylation sites is 1. The number of carbonyl (C=O) groups is 1. The lowest BCUT2D eigenvalue weighted by Crippen LogP contribution is -2.56. The minimum atomic E-state index is -0.521. The van der Waals surface area contributed by atoms with Gasteiger partial charge in [-0.05, 0) is 45.2 Å². The Balaban J connectivity index is 1.61. The van der Waals surface area contributed by atoms with Gasteiger partial charge < -0.3 is 4.90 Å². The molecule has 1 amide bonds. The van der Waals surface area contributed by atoms with Crippen LogP contribution in [0.15, 0.2) is 35.8 Å². The van der Waals surface area contributed by atoms with Crippen LogP contribution in [0.25, 0.3) is 0 Å². The zero-order valence-corrected chi connectivity index (χ0v) is 19.3. The highest BCUT2D eigenvalue weighted by Crippen LogP contribution is 2.40.